The number of hydrogen-bond acceptors (Lipinski definition) is 4. The largest absolute Gasteiger partial charge is 0.438 e. The summed E-state index contributed by atoms with van der Waals surface area (Å²) in [5.74, 6) is 0.662. The van der Waals surface area contributed by atoms with Crippen LogP contribution in [0, 0.1) is 11.3 Å². The van der Waals surface area contributed by atoms with E-state index in [0.29, 0.717) is 42.3 Å². The van der Waals surface area contributed by atoms with Crippen molar-refractivity contribution in [3.8, 4) is 17.7 Å². The van der Waals surface area contributed by atoms with Crippen LogP contribution in [0.5, 0.6) is 11.6 Å². The summed E-state index contributed by atoms with van der Waals surface area (Å²) >= 11 is 5.92. The van der Waals surface area contributed by atoms with E-state index in [2.05, 4.69) is 11.1 Å². The van der Waals surface area contributed by atoms with Gasteiger partial charge in [0.25, 0.3) is 5.91 Å². The third kappa shape index (κ3) is 4.00. The minimum Gasteiger partial charge on any atom is -0.438 e. The fourth-order valence-electron chi connectivity index (χ4n) is 3.73. The fraction of sp³-hybridized carbons (Fsp3) is 0.208. The Morgan fingerprint density at radius 2 is 1.73 bits per heavy atom. The highest BCUT2D eigenvalue weighted by molar-refractivity contribution is 6.30. The normalized spacial score (nSPS) is 15.3. The smallest absolute Gasteiger partial charge is 0.259 e. The average molecular weight is 418 g/mol. The van der Waals surface area contributed by atoms with Crippen molar-refractivity contribution >= 4 is 17.5 Å². The van der Waals surface area contributed by atoms with Crippen LogP contribution in [0.3, 0.4) is 0 Å². The maximum absolute atomic E-state index is 13.2. The summed E-state index contributed by atoms with van der Waals surface area (Å²) in [7, 11) is 0. The second-order valence-corrected chi connectivity index (χ2v) is 7.70. The Kier molecular flexibility index (Phi) is 5.69. The number of benzene rings is 2. The molecule has 2 aromatic carbocycles. The second-order valence-electron chi connectivity index (χ2n) is 7.26. The quantitative estimate of drug-likeness (QED) is 0.583. The summed E-state index contributed by atoms with van der Waals surface area (Å²) in [5.41, 5.74) is 0.847. The molecule has 0 saturated carbocycles. The molecule has 4 rings (SSSR count). The van der Waals surface area contributed by atoms with Crippen LogP contribution >= 0.6 is 11.6 Å². The number of rotatable bonds is 4. The summed E-state index contributed by atoms with van der Waals surface area (Å²) in [6.45, 7) is 0.993. The van der Waals surface area contributed by atoms with Gasteiger partial charge in [-0.2, -0.15) is 5.26 Å². The first kappa shape index (κ1) is 19.9. The number of likely N-dealkylation sites (tertiary alicyclic amines) is 1. The van der Waals surface area contributed by atoms with Gasteiger partial charge in [-0.1, -0.05) is 41.9 Å². The van der Waals surface area contributed by atoms with E-state index < -0.39 is 5.41 Å². The predicted molar refractivity (Wildman–Crippen MR) is 115 cm³/mol. The summed E-state index contributed by atoms with van der Waals surface area (Å²) in [5, 5.41) is 10.5. The molecular weight excluding hydrogens is 398 g/mol. The van der Waals surface area contributed by atoms with Crippen LogP contribution in [-0.2, 0) is 5.41 Å². The lowest BCUT2D eigenvalue weighted by Crippen LogP contribution is -2.44. The number of halogens is 1. The van der Waals surface area contributed by atoms with Crippen molar-refractivity contribution in [2.45, 2.75) is 18.3 Å². The maximum atomic E-state index is 13.2. The highest BCUT2D eigenvalue weighted by Gasteiger charge is 2.38. The lowest BCUT2D eigenvalue weighted by molar-refractivity contribution is 0.0688. The van der Waals surface area contributed by atoms with Crippen LogP contribution in [-0.4, -0.2) is 28.9 Å². The molecule has 0 unspecified atom stereocenters. The Morgan fingerprint density at radius 1 is 1.03 bits per heavy atom. The molecule has 3 aromatic rings. The molecule has 0 aliphatic carbocycles. The summed E-state index contributed by atoms with van der Waals surface area (Å²) in [6.07, 6.45) is 2.77. The van der Waals surface area contributed by atoms with Crippen LogP contribution in [0.1, 0.15) is 28.8 Å². The number of ether oxygens (including phenoxy) is 1. The second kappa shape index (κ2) is 8.56. The van der Waals surface area contributed by atoms with E-state index in [4.69, 9.17) is 16.3 Å². The third-order valence-electron chi connectivity index (χ3n) is 5.47. The third-order valence-corrected chi connectivity index (χ3v) is 5.73. The standard InChI is InChI=1S/C24H20ClN3O2/c25-19-8-10-20(11-9-19)30-22-21(7-4-14-27-22)23(29)28-15-12-24(17-26,13-16-28)18-5-2-1-3-6-18/h1-11,14H,12-13,15-16H2. The molecule has 0 spiro atoms. The molecule has 0 radical (unpaired) electrons. The van der Waals surface area contributed by atoms with Crippen molar-refractivity contribution in [1.29, 1.82) is 5.26 Å². The molecule has 0 bridgehead atoms. The number of nitrogens with zero attached hydrogens (tertiary/aromatic N) is 3. The number of carbonyl (C=O) groups is 1. The zero-order valence-electron chi connectivity index (χ0n) is 16.3. The summed E-state index contributed by atoms with van der Waals surface area (Å²) in [6, 6.07) is 22.6. The Labute approximate surface area is 180 Å². The number of carbonyl (C=O) groups excluding carboxylic acids is 1. The fourth-order valence-corrected chi connectivity index (χ4v) is 3.86. The Balaban J connectivity index is 1.51. The van der Waals surface area contributed by atoms with Crippen molar-refractivity contribution in [2.24, 2.45) is 0 Å². The molecule has 1 fully saturated rings. The maximum Gasteiger partial charge on any atom is 0.259 e. The Morgan fingerprint density at radius 3 is 2.40 bits per heavy atom. The summed E-state index contributed by atoms with van der Waals surface area (Å²) in [4.78, 5) is 19.2. The molecule has 1 saturated heterocycles. The first-order valence-corrected chi connectivity index (χ1v) is 10.1. The summed E-state index contributed by atoms with van der Waals surface area (Å²) < 4.78 is 5.84. The van der Waals surface area contributed by atoms with Crippen LogP contribution in [0.2, 0.25) is 5.02 Å². The Hall–Kier alpha value is -3.36. The van der Waals surface area contributed by atoms with Crippen LogP contribution < -0.4 is 4.74 Å². The molecule has 1 aliphatic rings. The van der Waals surface area contributed by atoms with Gasteiger partial charge in [0, 0.05) is 24.3 Å². The molecule has 5 nitrogen and oxygen atoms in total. The molecule has 1 aromatic heterocycles. The van der Waals surface area contributed by atoms with Crippen LogP contribution in [0.15, 0.2) is 72.9 Å². The van der Waals surface area contributed by atoms with Crippen molar-refractivity contribution in [3.05, 3.63) is 89.1 Å². The number of hydrogen-bond donors (Lipinski definition) is 0. The van der Waals surface area contributed by atoms with E-state index in [1.165, 1.54) is 0 Å². The first-order chi connectivity index (χ1) is 14.6. The SMILES string of the molecule is N#CC1(c2ccccc2)CCN(C(=O)c2cccnc2Oc2ccc(Cl)cc2)CC1. The van der Waals surface area contributed by atoms with Crippen molar-refractivity contribution in [3.63, 3.8) is 0 Å². The average Bonchev–Trinajstić information content (AvgIpc) is 2.81. The highest BCUT2D eigenvalue weighted by atomic mass is 35.5. The number of amides is 1. The lowest BCUT2D eigenvalue weighted by Gasteiger charge is -2.37. The van der Waals surface area contributed by atoms with Gasteiger partial charge in [0.1, 0.15) is 11.3 Å². The number of aromatic nitrogens is 1. The zero-order chi connectivity index (χ0) is 21.0. The minimum atomic E-state index is -0.560. The molecule has 0 atom stereocenters. The number of pyridine rings is 1. The molecule has 1 amide bonds. The van der Waals surface area contributed by atoms with E-state index in [-0.39, 0.29) is 11.8 Å². The zero-order valence-corrected chi connectivity index (χ0v) is 17.0. The predicted octanol–water partition coefficient (Wildman–Crippen LogP) is 5.22. The molecule has 30 heavy (non-hydrogen) atoms. The molecule has 2 heterocycles. The molecule has 150 valence electrons. The monoisotopic (exact) mass is 417 g/mol. The van der Waals surface area contributed by atoms with Gasteiger partial charge in [-0.15, -0.1) is 0 Å². The molecule has 6 heteroatoms. The van der Waals surface area contributed by atoms with Gasteiger partial charge in [-0.3, -0.25) is 4.79 Å². The number of nitriles is 1. The van der Waals surface area contributed by atoms with Gasteiger partial charge in [0.05, 0.1) is 11.5 Å². The van der Waals surface area contributed by atoms with Crippen molar-refractivity contribution in [1.82, 2.24) is 9.88 Å². The van der Waals surface area contributed by atoms with E-state index in [1.54, 1.807) is 47.5 Å². The van der Waals surface area contributed by atoms with Gasteiger partial charge >= 0.3 is 0 Å². The van der Waals surface area contributed by atoms with Crippen molar-refractivity contribution in [2.75, 3.05) is 13.1 Å². The molecular formula is C24H20ClN3O2. The van der Waals surface area contributed by atoms with Crippen molar-refractivity contribution < 1.29 is 9.53 Å². The minimum absolute atomic E-state index is 0.147. The topological polar surface area (TPSA) is 66.2 Å². The van der Waals surface area contributed by atoms with Gasteiger partial charge in [-0.25, -0.2) is 4.98 Å². The van der Waals surface area contributed by atoms with Crippen LogP contribution in [0.4, 0.5) is 0 Å². The van der Waals surface area contributed by atoms with E-state index in [0.717, 1.165) is 5.56 Å². The molecule has 0 N–H and O–H groups in total. The number of piperidine rings is 1. The lowest BCUT2D eigenvalue weighted by atomic mass is 9.74. The molecule has 1 aliphatic heterocycles. The van der Waals surface area contributed by atoms with Gasteiger partial charge < -0.3 is 9.64 Å². The van der Waals surface area contributed by atoms with E-state index in [9.17, 15) is 10.1 Å². The first-order valence-electron chi connectivity index (χ1n) is 9.76. The highest BCUT2D eigenvalue weighted by Crippen LogP contribution is 2.36. The Bertz CT molecular complexity index is 1070. The van der Waals surface area contributed by atoms with Gasteiger partial charge in [0.2, 0.25) is 5.88 Å². The van der Waals surface area contributed by atoms with E-state index in [1.807, 2.05) is 30.3 Å². The van der Waals surface area contributed by atoms with E-state index >= 15 is 0 Å². The van der Waals surface area contributed by atoms with Crippen LogP contribution in [0.25, 0.3) is 0 Å². The van der Waals surface area contributed by atoms with Gasteiger partial charge in [0.15, 0.2) is 0 Å². The van der Waals surface area contributed by atoms with Gasteiger partial charge in [-0.05, 0) is 54.8 Å².